The molecule has 1 aromatic carbocycles. The molecule has 2 rings (SSSR count). The Morgan fingerprint density at radius 1 is 1.22 bits per heavy atom. The van der Waals surface area contributed by atoms with Crippen molar-refractivity contribution in [1.29, 1.82) is 0 Å². The number of nitrogens with one attached hydrogen (secondary N) is 1. The zero-order valence-corrected chi connectivity index (χ0v) is 11.6. The first-order chi connectivity index (χ1) is 8.61. The highest BCUT2D eigenvalue weighted by molar-refractivity contribution is 5.35. The highest BCUT2D eigenvalue weighted by Crippen LogP contribution is 2.22. The molecule has 0 spiro atoms. The van der Waals surface area contributed by atoms with E-state index in [-0.39, 0.29) is 6.04 Å². The van der Waals surface area contributed by atoms with E-state index in [1.165, 1.54) is 16.7 Å². The summed E-state index contributed by atoms with van der Waals surface area (Å²) in [5.74, 6) is 0. The van der Waals surface area contributed by atoms with Gasteiger partial charge >= 0.3 is 0 Å². The number of hydrogen-bond donors (Lipinski definition) is 1. The molecule has 2 aromatic rings. The van der Waals surface area contributed by atoms with Crippen LogP contribution in [-0.4, -0.2) is 16.3 Å². The fourth-order valence-corrected chi connectivity index (χ4v) is 2.13. The SMILES string of the molecule is CCNC(c1ccc(C)c(C)c1)c1ccn(C)n1. The molecule has 0 fully saturated rings. The van der Waals surface area contributed by atoms with Gasteiger partial charge in [-0.1, -0.05) is 25.1 Å². The Hall–Kier alpha value is -1.61. The number of aromatic nitrogens is 2. The topological polar surface area (TPSA) is 29.9 Å². The maximum Gasteiger partial charge on any atom is 0.0839 e. The maximum absolute atomic E-state index is 4.51. The van der Waals surface area contributed by atoms with E-state index in [1.807, 2.05) is 17.9 Å². The Balaban J connectivity index is 2.37. The van der Waals surface area contributed by atoms with Crippen molar-refractivity contribution in [3.8, 4) is 0 Å². The molecule has 3 heteroatoms. The monoisotopic (exact) mass is 243 g/mol. The van der Waals surface area contributed by atoms with Crippen LogP contribution in [0, 0.1) is 13.8 Å². The van der Waals surface area contributed by atoms with Crippen LogP contribution in [0.4, 0.5) is 0 Å². The van der Waals surface area contributed by atoms with Crippen molar-refractivity contribution in [2.24, 2.45) is 7.05 Å². The van der Waals surface area contributed by atoms with Gasteiger partial charge in [0.25, 0.3) is 0 Å². The summed E-state index contributed by atoms with van der Waals surface area (Å²) >= 11 is 0. The Labute approximate surface area is 109 Å². The molecule has 1 aromatic heterocycles. The van der Waals surface area contributed by atoms with Gasteiger partial charge in [0.2, 0.25) is 0 Å². The first-order valence-corrected chi connectivity index (χ1v) is 6.42. The molecule has 3 nitrogen and oxygen atoms in total. The van der Waals surface area contributed by atoms with Crippen LogP contribution in [0.25, 0.3) is 0 Å². The largest absolute Gasteiger partial charge is 0.305 e. The number of rotatable bonds is 4. The van der Waals surface area contributed by atoms with Gasteiger partial charge in [0.15, 0.2) is 0 Å². The average molecular weight is 243 g/mol. The minimum atomic E-state index is 0.176. The summed E-state index contributed by atoms with van der Waals surface area (Å²) in [6.07, 6.45) is 1.99. The van der Waals surface area contributed by atoms with Crippen LogP contribution in [-0.2, 0) is 7.05 Å². The van der Waals surface area contributed by atoms with Crippen molar-refractivity contribution in [1.82, 2.24) is 15.1 Å². The van der Waals surface area contributed by atoms with E-state index in [1.54, 1.807) is 0 Å². The van der Waals surface area contributed by atoms with Crippen molar-refractivity contribution in [3.05, 3.63) is 52.8 Å². The lowest BCUT2D eigenvalue weighted by molar-refractivity contribution is 0.599. The highest BCUT2D eigenvalue weighted by Gasteiger charge is 2.15. The van der Waals surface area contributed by atoms with E-state index in [0.717, 1.165) is 12.2 Å². The number of nitrogens with zero attached hydrogens (tertiary/aromatic N) is 2. The third-order valence-electron chi connectivity index (χ3n) is 3.30. The third kappa shape index (κ3) is 2.62. The van der Waals surface area contributed by atoms with Crippen LogP contribution in [0.1, 0.15) is 35.3 Å². The smallest absolute Gasteiger partial charge is 0.0839 e. The van der Waals surface area contributed by atoms with Crippen molar-refractivity contribution >= 4 is 0 Å². The molecular formula is C15H21N3. The zero-order valence-electron chi connectivity index (χ0n) is 11.6. The molecule has 0 bridgehead atoms. The Morgan fingerprint density at radius 3 is 2.56 bits per heavy atom. The van der Waals surface area contributed by atoms with Crippen LogP contribution in [0.2, 0.25) is 0 Å². The Kier molecular flexibility index (Phi) is 3.82. The molecule has 18 heavy (non-hydrogen) atoms. The minimum Gasteiger partial charge on any atom is -0.305 e. The van der Waals surface area contributed by atoms with Gasteiger partial charge in [-0.05, 0) is 43.1 Å². The predicted octanol–water partition coefficient (Wildman–Crippen LogP) is 2.74. The second-order valence-corrected chi connectivity index (χ2v) is 4.75. The average Bonchev–Trinajstić information content (AvgIpc) is 2.76. The molecular weight excluding hydrogens is 222 g/mol. The first kappa shape index (κ1) is 12.8. The van der Waals surface area contributed by atoms with E-state index in [9.17, 15) is 0 Å². The van der Waals surface area contributed by atoms with Gasteiger partial charge in [-0.2, -0.15) is 5.10 Å². The van der Waals surface area contributed by atoms with Crippen molar-refractivity contribution in [2.45, 2.75) is 26.8 Å². The summed E-state index contributed by atoms with van der Waals surface area (Å²) in [4.78, 5) is 0. The Morgan fingerprint density at radius 2 is 2.00 bits per heavy atom. The summed E-state index contributed by atoms with van der Waals surface area (Å²) in [7, 11) is 1.95. The molecule has 0 radical (unpaired) electrons. The lowest BCUT2D eigenvalue weighted by Gasteiger charge is -2.17. The van der Waals surface area contributed by atoms with Crippen molar-refractivity contribution in [3.63, 3.8) is 0 Å². The maximum atomic E-state index is 4.51. The lowest BCUT2D eigenvalue weighted by Crippen LogP contribution is -2.22. The molecule has 0 amide bonds. The normalized spacial score (nSPS) is 12.7. The van der Waals surface area contributed by atoms with Crippen LogP contribution >= 0.6 is 0 Å². The fourth-order valence-electron chi connectivity index (χ4n) is 2.13. The van der Waals surface area contributed by atoms with Crippen molar-refractivity contribution < 1.29 is 0 Å². The van der Waals surface area contributed by atoms with Crippen molar-refractivity contribution in [2.75, 3.05) is 6.54 Å². The summed E-state index contributed by atoms with van der Waals surface area (Å²) < 4.78 is 1.85. The summed E-state index contributed by atoms with van der Waals surface area (Å²) in [5, 5.41) is 8.01. The second-order valence-electron chi connectivity index (χ2n) is 4.75. The molecule has 0 saturated heterocycles. The minimum absolute atomic E-state index is 0.176. The molecule has 1 atom stereocenters. The zero-order chi connectivity index (χ0) is 13.1. The standard InChI is InChI=1S/C15H21N3/c1-5-16-15(14-8-9-18(4)17-14)13-7-6-11(2)12(3)10-13/h6-10,15-16H,5H2,1-4H3. The van der Waals surface area contributed by atoms with Gasteiger partial charge in [-0.25, -0.2) is 0 Å². The molecule has 0 aliphatic carbocycles. The summed E-state index contributed by atoms with van der Waals surface area (Å²) in [6.45, 7) is 7.34. The third-order valence-corrected chi connectivity index (χ3v) is 3.30. The van der Waals surface area contributed by atoms with Crippen LogP contribution < -0.4 is 5.32 Å². The molecule has 1 N–H and O–H groups in total. The first-order valence-electron chi connectivity index (χ1n) is 6.42. The number of aryl methyl sites for hydroxylation is 3. The van der Waals surface area contributed by atoms with Crippen LogP contribution in [0.5, 0.6) is 0 Å². The van der Waals surface area contributed by atoms with E-state index >= 15 is 0 Å². The molecule has 1 unspecified atom stereocenters. The number of benzene rings is 1. The lowest BCUT2D eigenvalue weighted by atomic mass is 9.99. The molecule has 0 aliphatic rings. The van der Waals surface area contributed by atoms with Gasteiger partial charge in [-0.3, -0.25) is 4.68 Å². The van der Waals surface area contributed by atoms with Gasteiger partial charge in [-0.15, -0.1) is 0 Å². The van der Waals surface area contributed by atoms with Gasteiger partial charge in [0.1, 0.15) is 0 Å². The van der Waals surface area contributed by atoms with Gasteiger partial charge < -0.3 is 5.32 Å². The van der Waals surface area contributed by atoms with Crippen LogP contribution in [0.3, 0.4) is 0 Å². The molecule has 0 saturated carbocycles. The van der Waals surface area contributed by atoms with Gasteiger partial charge in [0, 0.05) is 13.2 Å². The highest BCUT2D eigenvalue weighted by atomic mass is 15.3. The second kappa shape index (κ2) is 5.36. The summed E-state index contributed by atoms with van der Waals surface area (Å²) in [6, 6.07) is 8.86. The van der Waals surface area contributed by atoms with E-state index in [2.05, 4.69) is 55.5 Å². The number of hydrogen-bond acceptors (Lipinski definition) is 2. The van der Waals surface area contributed by atoms with Crippen LogP contribution in [0.15, 0.2) is 30.5 Å². The van der Waals surface area contributed by atoms with E-state index in [4.69, 9.17) is 0 Å². The molecule has 96 valence electrons. The fraction of sp³-hybridized carbons (Fsp3) is 0.400. The summed E-state index contributed by atoms with van der Waals surface area (Å²) in [5.41, 5.74) is 5.00. The predicted molar refractivity (Wildman–Crippen MR) is 74.6 cm³/mol. The van der Waals surface area contributed by atoms with Gasteiger partial charge in [0.05, 0.1) is 11.7 Å². The van der Waals surface area contributed by atoms with E-state index < -0.39 is 0 Å². The van der Waals surface area contributed by atoms with E-state index in [0.29, 0.717) is 0 Å². The molecule has 1 heterocycles. The molecule has 0 aliphatic heterocycles. The Bertz CT molecular complexity index is 528. The quantitative estimate of drug-likeness (QED) is 0.895.